The number of anilines is 1. The summed E-state index contributed by atoms with van der Waals surface area (Å²) < 4.78 is 19.1. The Balaban J connectivity index is 1.46. The minimum Gasteiger partial charge on any atom is -0.444 e. The van der Waals surface area contributed by atoms with Gasteiger partial charge in [0.15, 0.2) is 0 Å². The second-order valence-electron chi connectivity index (χ2n) is 10.0. The molecule has 1 fully saturated rings. The Bertz CT molecular complexity index is 1440. The number of amides is 2. The lowest BCUT2D eigenvalue weighted by Gasteiger charge is -2.27. The summed E-state index contributed by atoms with van der Waals surface area (Å²) in [4.78, 5) is 39.3. The maximum absolute atomic E-state index is 13.6. The largest absolute Gasteiger partial charge is 0.444 e. The monoisotopic (exact) mass is 501 g/mol. The molecule has 1 aromatic carbocycles. The van der Waals surface area contributed by atoms with Gasteiger partial charge in [-0.15, -0.1) is 0 Å². The van der Waals surface area contributed by atoms with Gasteiger partial charge in [0.05, 0.1) is 5.69 Å². The first-order valence-corrected chi connectivity index (χ1v) is 12.2. The maximum atomic E-state index is 13.6. The molecule has 0 spiro atoms. The van der Waals surface area contributed by atoms with E-state index in [1.165, 1.54) is 17.0 Å². The fourth-order valence-electron chi connectivity index (χ4n) is 4.58. The number of rotatable bonds is 4. The zero-order valence-corrected chi connectivity index (χ0v) is 20.9. The first kappa shape index (κ1) is 24.4. The fourth-order valence-corrected chi connectivity index (χ4v) is 4.58. The molecule has 1 aliphatic rings. The number of halogens is 1. The predicted molar refractivity (Wildman–Crippen MR) is 139 cm³/mol. The first-order chi connectivity index (χ1) is 17.7. The third-order valence-electron chi connectivity index (χ3n) is 6.19. The highest BCUT2D eigenvalue weighted by Crippen LogP contribution is 2.38. The minimum atomic E-state index is -0.643. The number of nitrogens with zero attached hydrogens (tertiary/aromatic N) is 3. The van der Waals surface area contributed by atoms with Crippen LogP contribution in [0.4, 0.5) is 15.0 Å². The van der Waals surface area contributed by atoms with Gasteiger partial charge in [-0.2, -0.15) is 0 Å². The summed E-state index contributed by atoms with van der Waals surface area (Å²) in [6, 6.07) is 13.0. The fraction of sp³-hybridized carbons (Fsp3) is 0.286. The second kappa shape index (κ2) is 9.65. The second-order valence-corrected chi connectivity index (χ2v) is 10.0. The van der Waals surface area contributed by atoms with Gasteiger partial charge in [0, 0.05) is 29.9 Å². The van der Waals surface area contributed by atoms with E-state index in [2.05, 4.69) is 20.3 Å². The summed E-state index contributed by atoms with van der Waals surface area (Å²) in [5.74, 6) is -0.266. The zero-order chi connectivity index (χ0) is 26.2. The lowest BCUT2D eigenvalue weighted by atomic mass is 10.00. The van der Waals surface area contributed by atoms with Crippen molar-refractivity contribution >= 4 is 28.9 Å². The molecule has 190 valence electrons. The summed E-state index contributed by atoms with van der Waals surface area (Å²) >= 11 is 0. The topological polar surface area (TPSA) is 100 Å². The molecule has 2 amide bonds. The van der Waals surface area contributed by atoms with Crippen LogP contribution < -0.4 is 5.32 Å². The first-order valence-electron chi connectivity index (χ1n) is 12.2. The number of carbonyl (C=O) groups excluding carboxylic acids is 2. The highest BCUT2D eigenvalue weighted by Gasteiger charge is 2.36. The Morgan fingerprint density at radius 1 is 1.05 bits per heavy atom. The van der Waals surface area contributed by atoms with Crippen molar-refractivity contribution in [2.75, 3.05) is 11.9 Å². The van der Waals surface area contributed by atoms with Gasteiger partial charge < -0.3 is 15.0 Å². The highest BCUT2D eigenvalue weighted by molar-refractivity contribution is 6.04. The van der Waals surface area contributed by atoms with Crippen molar-refractivity contribution in [3.63, 3.8) is 0 Å². The van der Waals surface area contributed by atoms with Crippen LogP contribution in [0.3, 0.4) is 0 Å². The summed E-state index contributed by atoms with van der Waals surface area (Å²) in [7, 11) is 0. The Labute approximate surface area is 213 Å². The van der Waals surface area contributed by atoms with Gasteiger partial charge in [0.25, 0.3) is 0 Å². The molecule has 9 heteroatoms. The van der Waals surface area contributed by atoms with E-state index in [4.69, 9.17) is 4.74 Å². The van der Waals surface area contributed by atoms with Crippen LogP contribution in [0.25, 0.3) is 33.4 Å². The van der Waals surface area contributed by atoms with Crippen LogP contribution in [0.2, 0.25) is 0 Å². The molecule has 1 atom stereocenters. The number of hydrogen-bond donors (Lipinski definition) is 2. The average Bonchev–Trinajstić information content (AvgIpc) is 3.49. The molecule has 0 aliphatic carbocycles. The van der Waals surface area contributed by atoms with Crippen molar-refractivity contribution in [3.8, 4) is 22.4 Å². The number of pyridine rings is 2. The average molecular weight is 502 g/mol. The van der Waals surface area contributed by atoms with Gasteiger partial charge in [0.1, 0.15) is 28.9 Å². The van der Waals surface area contributed by atoms with E-state index < -0.39 is 17.7 Å². The molecule has 1 aliphatic heterocycles. The van der Waals surface area contributed by atoms with Crippen molar-refractivity contribution in [1.82, 2.24) is 19.9 Å². The number of fused-ring (bicyclic) bond motifs is 1. The van der Waals surface area contributed by atoms with E-state index in [1.54, 1.807) is 51.4 Å². The van der Waals surface area contributed by atoms with E-state index in [1.807, 2.05) is 18.2 Å². The molecule has 1 saturated heterocycles. The normalized spacial score (nSPS) is 15.7. The van der Waals surface area contributed by atoms with Gasteiger partial charge >= 0.3 is 6.09 Å². The number of H-pyrrole nitrogens is 1. The van der Waals surface area contributed by atoms with Crippen LogP contribution >= 0.6 is 0 Å². The Morgan fingerprint density at radius 2 is 1.78 bits per heavy atom. The summed E-state index contributed by atoms with van der Waals surface area (Å²) in [5, 5.41) is 3.71. The number of ether oxygens (including phenoxy) is 1. The molecule has 8 nitrogen and oxygen atoms in total. The number of aromatic amines is 1. The minimum absolute atomic E-state index is 0.310. The van der Waals surface area contributed by atoms with E-state index in [9.17, 15) is 14.0 Å². The quantitative estimate of drug-likeness (QED) is 0.370. The molecule has 5 rings (SSSR count). The molecular weight excluding hydrogens is 473 g/mol. The van der Waals surface area contributed by atoms with E-state index >= 15 is 0 Å². The number of likely N-dealkylation sites (tertiary alicyclic amines) is 1. The molecule has 2 N–H and O–H groups in total. The van der Waals surface area contributed by atoms with Crippen LogP contribution in [0.1, 0.15) is 33.6 Å². The molecule has 0 unspecified atom stereocenters. The number of benzene rings is 1. The lowest BCUT2D eigenvalue weighted by molar-refractivity contribution is -0.120. The maximum Gasteiger partial charge on any atom is 0.410 e. The third kappa shape index (κ3) is 5.16. The van der Waals surface area contributed by atoms with Crippen molar-refractivity contribution < 1.29 is 18.7 Å². The third-order valence-corrected chi connectivity index (χ3v) is 6.19. The van der Waals surface area contributed by atoms with Gasteiger partial charge in [-0.05, 0) is 93.3 Å². The summed E-state index contributed by atoms with van der Waals surface area (Å²) in [6.45, 7) is 5.86. The van der Waals surface area contributed by atoms with E-state index in [0.29, 0.717) is 24.4 Å². The molecule has 4 aromatic rings. The smallest absolute Gasteiger partial charge is 0.410 e. The van der Waals surface area contributed by atoms with Gasteiger partial charge in [-0.3, -0.25) is 14.7 Å². The van der Waals surface area contributed by atoms with Gasteiger partial charge in [-0.1, -0.05) is 0 Å². The number of aromatic nitrogens is 3. The standard InChI is InChI=1S/C28H28FN5O3/c1-28(2,3)37-27(36)34-16-4-5-21(34)26(35)32-22-11-10-20-23(17-12-14-30-15-13-17)24(33-25(20)31-22)18-6-8-19(29)9-7-18/h6-15,21H,4-5,16H2,1-3H3,(H2,31,32,33,35)/t21-/m0/s1. The highest BCUT2D eigenvalue weighted by atomic mass is 19.1. The van der Waals surface area contributed by atoms with Gasteiger partial charge in [-0.25, -0.2) is 14.2 Å². The molecular formula is C28H28FN5O3. The Kier molecular flexibility index (Phi) is 6.37. The van der Waals surface area contributed by atoms with Crippen LogP contribution in [-0.4, -0.2) is 50.0 Å². The van der Waals surface area contributed by atoms with Crippen LogP contribution in [0.5, 0.6) is 0 Å². The number of nitrogens with one attached hydrogen (secondary N) is 2. The van der Waals surface area contributed by atoms with Crippen molar-refractivity contribution in [2.24, 2.45) is 0 Å². The summed E-state index contributed by atoms with van der Waals surface area (Å²) in [6.07, 6.45) is 4.20. The van der Waals surface area contributed by atoms with E-state index in [-0.39, 0.29) is 11.7 Å². The molecule has 0 saturated carbocycles. The SMILES string of the molecule is CC(C)(C)OC(=O)N1CCC[C@H]1C(=O)Nc1ccc2c(-c3ccncc3)c(-c3ccc(F)cc3)[nH]c2n1. The molecule has 0 radical (unpaired) electrons. The van der Waals surface area contributed by atoms with Crippen LogP contribution in [0, 0.1) is 5.82 Å². The molecule has 3 aromatic heterocycles. The molecule has 0 bridgehead atoms. The predicted octanol–water partition coefficient (Wildman–Crippen LogP) is 5.77. The molecule has 4 heterocycles. The van der Waals surface area contributed by atoms with Crippen LogP contribution in [0.15, 0.2) is 60.9 Å². The summed E-state index contributed by atoms with van der Waals surface area (Å²) in [5.41, 5.74) is 3.34. The van der Waals surface area contributed by atoms with Crippen molar-refractivity contribution in [2.45, 2.75) is 45.3 Å². The lowest BCUT2D eigenvalue weighted by Crippen LogP contribution is -2.45. The zero-order valence-electron chi connectivity index (χ0n) is 20.9. The van der Waals surface area contributed by atoms with E-state index in [0.717, 1.165) is 34.2 Å². The number of hydrogen-bond acceptors (Lipinski definition) is 5. The van der Waals surface area contributed by atoms with Crippen molar-refractivity contribution in [1.29, 1.82) is 0 Å². The Hall–Kier alpha value is -4.27. The molecule has 37 heavy (non-hydrogen) atoms. The number of carbonyl (C=O) groups is 2. The Morgan fingerprint density at radius 3 is 2.49 bits per heavy atom. The van der Waals surface area contributed by atoms with Crippen LogP contribution in [-0.2, 0) is 9.53 Å². The van der Waals surface area contributed by atoms with Gasteiger partial charge in [0.2, 0.25) is 5.91 Å². The van der Waals surface area contributed by atoms with Crippen molar-refractivity contribution in [3.05, 3.63) is 66.7 Å².